The topological polar surface area (TPSA) is 62.7 Å². The number of benzene rings is 2. The Labute approximate surface area is 147 Å². The standard InChI is InChI=1S/C15H10Cl3N5/c16-9-4-6-10(7-5-9)20-13-8-19-23-15(22-13)21-12-3-1-2-11(17)14(12)18/h1-8H,(H2,20,21,22,23). The van der Waals surface area contributed by atoms with Crippen molar-refractivity contribution in [2.24, 2.45) is 0 Å². The van der Waals surface area contributed by atoms with Crippen LogP contribution in [0.3, 0.4) is 0 Å². The number of aromatic nitrogens is 3. The molecule has 0 atom stereocenters. The highest BCUT2D eigenvalue weighted by Gasteiger charge is 2.07. The van der Waals surface area contributed by atoms with Crippen molar-refractivity contribution in [1.82, 2.24) is 15.2 Å². The van der Waals surface area contributed by atoms with Gasteiger partial charge in [-0.15, -0.1) is 5.10 Å². The number of nitrogens with zero attached hydrogens (tertiary/aromatic N) is 3. The van der Waals surface area contributed by atoms with Crippen molar-refractivity contribution in [1.29, 1.82) is 0 Å². The van der Waals surface area contributed by atoms with Crippen molar-refractivity contribution < 1.29 is 0 Å². The molecule has 2 aromatic carbocycles. The van der Waals surface area contributed by atoms with E-state index >= 15 is 0 Å². The van der Waals surface area contributed by atoms with Crippen LogP contribution in [0.15, 0.2) is 48.7 Å². The number of nitrogens with one attached hydrogen (secondary N) is 2. The molecule has 0 unspecified atom stereocenters. The van der Waals surface area contributed by atoms with Crippen LogP contribution in [0, 0.1) is 0 Å². The van der Waals surface area contributed by atoms with Crippen LogP contribution >= 0.6 is 34.8 Å². The quantitative estimate of drug-likeness (QED) is 0.654. The highest BCUT2D eigenvalue weighted by Crippen LogP contribution is 2.31. The second-order valence-corrected chi connectivity index (χ2v) is 5.75. The molecule has 3 rings (SSSR count). The van der Waals surface area contributed by atoms with Gasteiger partial charge in [0.25, 0.3) is 0 Å². The van der Waals surface area contributed by atoms with Crippen LogP contribution in [0.2, 0.25) is 15.1 Å². The molecule has 0 saturated heterocycles. The van der Waals surface area contributed by atoms with Crippen LogP contribution in [0.25, 0.3) is 0 Å². The molecule has 2 N–H and O–H groups in total. The fraction of sp³-hybridized carbons (Fsp3) is 0. The third-order valence-electron chi connectivity index (χ3n) is 2.87. The van der Waals surface area contributed by atoms with Crippen LogP contribution < -0.4 is 10.6 Å². The molecule has 0 aliphatic rings. The van der Waals surface area contributed by atoms with Gasteiger partial charge in [0, 0.05) is 10.7 Å². The summed E-state index contributed by atoms with van der Waals surface area (Å²) in [5, 5.41) is 15.4. The van der Waals surface area contributed by atoms with Gasteiger partial charge >= 0.3 is 0 Å². The molecule has 5 nitrogen and oxygen atoms in total. The fourth-order valence-electron chi connectivity index (χ4n) is 1.82. The first-order valence-electron chi connectivity index (χ1n) is 6.55. The monoisotopic (exact) mass is 365 g/mol. The zero-order valence-electron chi connectivity index (χ0n) is 11.6. The lowest BCUT2D eigenvalue weighted by molar-refractivity contribution is 0.982. The maximum atomic E-state index is 6.13. The molecule has 8 heteroatoms. The van der Waals surface area contributed by atoms with E-state index in [-0.39, 0.29) is 0 Å². The van der Waals surface area contributed by atoms with Gasteiger partial charge in [0.05, 0.1) is 21.9 Å². The van der Waals surface area contributed by atoms with Crippen LogP contribution in [-0.2, 0) is 0 Å². The normalized spacial score (nSPS) is 10.4. The summed E-state index contributed by atoms with van der Waals surface area (Å²) in [4.78, 5) is 4.33. The van der Waals surface area contributed by atoms with Gasteiger partial charge in [-0.2, -0.15) is 10.1 Å². The highest BCUT2D eigenvalue weighted by molar-refractivity contribution is 6.43. The first-order valence-corrected chi connectivity index (χ1v) is 7.68. The van der Waals surface area contributed by atoms with E-state index in [2.05, 4.69) is 25.8 Å². The Morgan fingerprint density at radius 1 is 0.870 bits per heavy atom. The van der Waals surface area contributed by atoms with E-state index in [0.29, 0.717) is 32.5 Å². The number of rotatable bonds is 4. The van der Waals surface area contributed by atoms with Gasteiger partial charge in [0.15, 0.2) is 5.82 Å². The van der Waals surface area contributed by atoms with E-state index in [9.17, 15) is 0 Å². The molecular weight excluding hydrogens is 357 g/mol. The Morgan fingerprint density at radius 3 is 2.43 bits per heavy atom. The van der Waals surface area contributed by atoms with Crippen molar-refractivity contribution in [2.45, 2.75) is 0 Å². The van der Waals surface area contributed by atoms with Crippen LogP contribution in [-0.4, -0.2) is 15.2 Å². The first-order chi connectivity index (χ1) is 11.1. The van der Waals surface area contributed by atoms with Gasteiger partial charge < -0.3 is 10.6 Å². The molecule has 0 bridgehead atoms. The van der Waals surface area contributed by atoms with E-state index in [0.717, 1.165) is 5.69 Å². The Balaban J connectivity index is 1.79. The summed E-state index contributed by atoms with van der Waals surface area (Å²) in [5.74, 6) is 0.830. The van der Waals surface area contributed by atoms with Gasteiger partial charge in [-0.25, -0.2) is 0 Å². The number of anilines is 4. The third kappa shape index (κ3) is 4.01. The smallest absolute Gasteiger partial charge is 0.249 e. The highest BCUT2D eigenvalue weighted by atomic mass is 35.5. The summed E-state index contributed by atoms with van der Waals surface area (Å²) in [6.07, 6.45) is 1.51. The van der Waals surface area contributed by atoms with Gasteiger partial charge in [0.2, 0.25) is 5.95 Å². The summed E-state index contributed by atoms with van der Waals surface area (Å²) in [7, 11) is 0. The summed E-state index contributed by atoms with van der Waals surface area (Å²) in [5.41, 5.74) is 1.44. The molecule has 0 amide bonds. The molecule has 1 heterocycles. The number of hydrogen-bond acceptors (Lipinski definition) is 5. The third-order valence-corrected chi connectivity index (χ3v) is 3.94. The fourth-order valence-corrected chi connectivity index (χ4v) is 2.29. The predicted molar refractivity (Wildman–Crippen MR) is 94.3 cm³/mol. The molecule has 0 fully saturated rings. The van der Waals surface area contributed by atoms with Crippen LogP contribution in [0.4, 0.5) is 23.1 Å². The van der Waals surface area contributed by atoms with Crippen molar-refractivity contribution in [3.8, 4) is 0 Å². The molecule has 3 aromatic rings. The minimum Gasteiger partial charge on any atom is -0.339 e. The Hall–Kier alpha value is -2.08. The SMILES string of the molecule is Clc1ccc(Nc2cnnc(Nc3cccc(Cl)c3Cl)n2)cc1. The summed E-state index contributed by atoms with van der Waals surface area (Å²) >= 11 is 18.0. The van der Waals surface area contributed by atoms with Crippen LogP contribution in [0.1, 0.15) is 0 Å². The molecule has 116 valence electrons. The molecule has 0 aliphatic heterocycles. The molecule has 0 radical (unpaired) electrons. The second kappa shape index (κ2) is 7.00. The van der Waals surface area contributed by atoms with E-state index in [1.54, 1.807) is 30.3 Å². The number of hydrogen-bond donors (Lipinski definition) is 2. The molecule has 0 spiro atoms. The average Bonchev–Trinajstić information content (AvgIpc) is 2.54. The van der Waals surface area contributed by atoms with Crippen molar-refractivity contribution in [3.63, 3.8) is 0 Å². The second-order valence-electron chi connectivity index (χ2n) is 4.52. The zero-order chi connectivity index (χ0) is 16.2. The molecular formula is C15H10Cl3N5. The zero-order valence-corrected chi connectivity index (χ0v) is 13.9. The van der Waals surface area contributed by atoms with E-state index in [1.165, 1.54) is 6.20 Å². The summed E-state index contributed by atoms with van der Waals surface area (Å²) in [6.45, 7) is 0. The van der Waals surface area contributed by atoms with Gasteiger partial charge in [-0.3, -0.25) is 0 Å². The maximum Gasteiger partial charge on any atom is 0.249 e. The van der Waals surface area contributed by atoms with Crippen molar-refractivity contribution >= 4 is 57.9 Å². The Kier molecular flexibility index (Phi) is 4.81. The Morgan fingerprint density at radius 2 is 1.65 bits per heavy atom. The lowest BCUT2D eigenvalue weighted by atomic mass is 10.3. The van der Waals surface area contributed by atoms with E-state index in [4.69, 9.17) is 34.8 Å². The average molecular weight is 367 g/mol. The minimum absolute atomic E-state index is 0.299. The minimum atomic E-state index is 0.299. The van der Waals surface area contributed by atoms with E-state index in [1.807, 2.05) is 12.1 Å². The van der Waals surface area contributed by atoms with Gasteiger partial charge in [-0.05, 0) is 36.4 Å². The molecule has 23 heavy (non-hydrogen) atoms. The van der Waals surface area contributed by atoms with Crippen LogP contribution in [0.5, 0.6) is 0 Å². The van der Waals surface area contributed by atoms with Gasteiger partial charge in [-0.1, -0.05) is 40.9 Å². The molecule has 0 aliphatic carbocycles. The summed E-state index contributed by atoms with van der Waals surface area (Å²) < 4.78 is 0. The predicted octanol–water partition coefficient (Wildman–Crippen LogP) is 5.32. The van der Waals surface area contributed by atoms with Crippen molar-refractivity contribution in [3.05, 3.63) is 63.7 Å². The summed E-state index contributed by atoms with van der Waals surface area (Å²) in [6, 6.07) is 12.5. The van der Waals surface area contributed by atoms with Crippen molar-refractivity contribution in [2.75, 3.05) is 10.6 Å². The lowest BCUT2D eigenvalue weighted by Crippen LogP contribution is -2.02. The largest absolute Gasteiger partial charge is 0.339 e. The van der Waals surface area contributed by atoms with Gasteiger partial charge in [0.1, 0.15) is 0 Å². The molecule has 1 aromatic heterocycles. The Bertz CT molecular complexity index is 824. The lowest BCUT2D eigenvalue weighted by Gasteiger charge is -2.09. The first kappa shape index (κ1) is 15.8. The number of halogens is 3. The van der Waals surface area contributed by atoms with E-state index < -0.39 is 0 Å². The molecule has 0 saturated carbocycles. The maximum absolute atomic E-state index is 6.13.